The van der Waals surface area contributed by atoms with E-state index in [1.54, 1.807) is 0 Å². The average molecular weight is 155 g/mol. The minimum Gasteiger partial charge on any atom is -0.377 e. The Labute approximate surface area is 68.3 Å². The summed E-state index contributed by atoms with van der Waals surface area (Å²) in [6.45, 7) is 2.07. The van der Waals surface area contributed by atoms with Crippen molar-refractivity contribution in [2.24, 2.45) is 0 Å². The Bertz CT molecular complexity index is 117. The molecule has 1 N–H and O–H groups in total. The second kappa shape index (κ2) is 3.55. The molecule has 1 atom stereocenters. The highest BCUT2D eigenvalue weighted by Gasteiger charge is 2.20. The second-order valence-electron chi connectivity index (χ2n) is 3.67. The Balaban J connectivity index is 1.57. The molecule has 2 nitrogen and oxygen atoms in total. The monoisotopic (exact) mass is 155 g/mol. The van der Waals surface area contributed by atoms with Crippen molar-refractivity contribution in [3.05, 3.63) is 0 Å². The summed E-state index contributed by atoms with van der Waals surface area (Å²) in [6, 6.07) is 0.819. The third-order valence-electron chi connectivity index (χ3n) is 2.76. The first-order valence-corrected chi connectivity index (χ1v) is 4.80. The molecule has 1 aliphatic carbocycles. The summed E-state index contributed by atoms with van der Waals surface area (Å²) in [5, 5.41) is 3.54. The number of rotatable bonds is 3. The average Bonchev–Trinajstić information content (AvgIpc) is 2.36. The Kier molecular flexibility index (Phi) is 2.44. The molecule has 1 saturated carbocycles. The Morgan fingerprint density at radius 1 is 1.18 bits per heavy atom. The van der Waals surface area contributed by atoms with E-state index >= 15 is 0 Å². The first-order chi connectivity index (χ1) is 5.45. The van der Waals surface area contributed by atoms with Crippen LogP contribution < -0.4 is 5.32 Å². The lowest BCUT2D eigenvalue weighted by atomic mass is 9.93. The van der Waals surface area contributed by atoms with E-state index < -0.39 is 0 Å². The van der Waals surface area contributed by atoms with Crippen LogP contribution in [0.3, 0.4) is 0 Å². The maximum absolute atomic E-state index is 5.51. The topological polar surface area (TPSA) is 21.3 Å². The molecule has 0 aromatic heterocycles. The molecule has 0 aromatic carbocycles. The first-order valence-electron chi connectivity index (χ1n) is 4.80. The van der Waals surface area contributed by atoms with Crippen LogP contribution in [0.2, 0.25) is 0 Å². The third-order valence-corrected chi connectivity index (χ3v) is 2.76. The van der Waals surface area contributed by atoms with Crippen molar-refractivity contribution >= 4 is 0 Å². The molecule has 2 heteroatoms. The fourth-order valence-corrected chi connectivity index (χ4v) is 1.72. The van der Waals surface area contributed by atoms with Crippen molar-refractivity contribution in [1.82, 2.24) is 5.32 Å². The molecular weight excluding hydrogens is 138 g/mol. The SMILES string of the molecule is C1CC(NC[C@H]2CCCO2)C1. The number of ether oxygens (including phenoxy) is 1. The quantitative estimate of drug-likeness (QED) is 0.663. The van der Waals surface area contributed by atoms with Gasteiger partial charge in [-0.15, -0.1) is 0 Å². The van der Waals surface area contributed by atoms with Gasteiger partial charge in [-0.3, -0.25) is 0 Å². The van der Waals surface area contributed by atoms with E-state index in [1.165, 1.54) is 32.1 Å². The molecule has 0 aromatic rings. The number of hydrogen-bond acceptors (Lipinski definition) is 2. The van der Waals surface area contributed by atoms with E-state index in [0.717, 1.165) is 19.2 Å². The molecule has 0 bridgehead atoms. The molecule has 1 aliphatic heterocycles. The maximum atomic E-state index is 5.51. The Hall–Kier alpha value is -0.0800. The standard InChI is InChI=1S/C9H17NO/c1-3-8(4-1)10-7-9-5-2-6-11-9/h8-10H,1-7H2/t9-/m1/s1. The van der Waals surface area contributed by atoms with Gasteiger partial charge in [-0.05, 0) is 25.7 Å². The van der Waals surface area contributed by atoms with Crippen LogP contribution in [-0.4, -0.2) is 25.3 Å². The molecule has 2 fully saturated rings. The molecule has 11 heavy (non-hydrogen) atoms. The van der Waals surface area contributed by atoms with Crippen molar-refractivity contribution in [3.63, 3.8) is 0 Å². The third kappa shape index (κ3) is 1.94. The van der Waals surface area contributed by atoms with Gasteiger partial charge in [0.2, 0.25) is 0 Å². The van der Waals surface area contributed by atoms with Gasteiger partial charge in [-0.25, -0.2) is 0 Å². The van der Waals surface area contributed by atoms with Gasteiger partial charge in [0.25, 0.3) is 0 Å². The normalized spacial score (nSPS) is 32.2. The van der Waals surface area contributed by atoms with Crippen LogP contribution in [0.15, 0.2) is 0 Å². The largest absolute Gasteiger partial charge is 0.377 e. The van der Waals surface area contributed by atoms with Crippen molar-refractivity contribution in [1.29, 1.82) is 0 Å². The lowest BCUT2D eigenvalue weighted by Gasteiger charge is -2.27. The second-order valence-corrected chi connectivity index (χ2v) is 3.67. The summed E-state index contributed by atoms with van der Waals surface area (Å²) in [5.41, 5.74) is 0. The van der Waals surface area contributed by atoms with E-state index in [0.29, 0.717) is 6.10 Å². The summed E-state index contributed by atoms with van der Waals surface area (Å²) >= 11 is 0. The van der Waals surface area contributed by atoms with Crippen molar-refractivity contribution in [3.8, 4) is 0 Å². The molecule has 0 unspecified atom stereocenters. The van der Waals surface area contributed by atoms with Crippen LogP contribution in [0, 0.1) is 0 Å². The van der Waals surface area contributed by atoms with Crippen molar-refractivity contribution in [2.45, 2.75) is 44.2 Å². The molecular formula is C9H17NO. The number of hydrogen-bond donors (Lipinski definition) is 1. The lowest BCUT2D eigenvalue weighted by molar-refractivity contribution is 0.104. The molecule has 1 heterocycles. The predicted molar refractivity (Wildman–Crippen MR) is 44.6 cm³/mol. The van der Waals surface area contributed by atoms with Crippen LogP contribution in [0.1, 0.15) is 32.1 Å². The fourth-order valence-electron chi connectivity index (χ4n) is 1.72. The molecule has 1 saturated heterocycles. The summed E-state index contributed by atoms with van der Waals surface area (Å²) in [5.74, 6) is 0. The Morgan fingerprint density at radius 2 is 2.09 bits per heavy atom. The molecule has 64 valence electrons. The predicted octanol–water partition coefficient (Wildman–Crippen LogP) is 1.31. The molecule has 2 aliphatic rings. The highest BCUT2D eigenvalue weighted by atomic mass is 16.5. The molecule has 0 radical (unpaired) electrons. The van der Waals surface area contributed by atoms with Crippen molar-refractivity contribution < 1.29 is 4.74 Å². The van der Waals surface area contributed by atoms with Gasteiger partial charge >= 0.3 is 0 Å². The number of nitrogens with one attached hydrogen (secondary N) is 1. The maximum Gasteiger partial charge on any atom is 0.0700 e. The summed E-state index contributed by atoms with van der Waals surface area (Å²) in [7, 11) is 0. The lowest BCUT2D eigenvalue weighted by Crippen LogP contribution is -2.39. The highest BCUT2D eigenvalue weighted by molar-refractivity contribution is 4.78. The summed E-state index contributed by atoms with van der Waals surface area (Å²) < 4.78 is 5.51. The van der Waals surface area contributed by atoms with Gasteiger partial charge in [0, 0.05) is 19.2 Å². The fraction of sp³-hybridized carbons (Fsp3) is 1.00. The molecule has 2 rings (SSSR count). The van der Waals surface area contributed by atoms with Gasteiger partial charge in [-0.1, -0.05) is 6.42 Å². The van der Waals surface area contributed by atoms with Gasteiger partial charge < -0.3 is 10.1 Å². The van der Waals surface area contributed by atoms with Crippen LogP contribution in [0.25, 0.3) is 0 Å². The van der Waals surface area contributed by atoms with Crippen LogP contribution in [-0.2, 0) is 4.74 Å². The van der Waals surface area contributed by atoms with E-state index in [-0.39, 0.29) is 0 Å². The first kappa shape index (κ1) is 7.56. The minimum atomic E-state index is 0.524. The zero-order chi connectivity index (χ0) is 7.52. The van der Waals surface area contributed by atoms with E-state index in [4.69, 9.17) is 4.74 Å². The van der Waals surface area contributed by atoms with Gasteiger partial charge in [0.1, 0.15) is 0 Å². The zero-order valence-corrected chi connectivity index (χ0v) is 7.01. The van der Waals surface area contributed by atoms with Crippen LogP contribution in [0.4, 0.5) is 0 Å². The minimum absolute atomic E-state index is 0.524. The summed E-state index contributed by atoms with van der Waals surface area (Å²) in [6.07, 6.45) is 7.23. The van der Waals surface area contributed by atoms with Gasteiger partial charge in [0.05, 0.1) is 6.10 Å². The Morgan fingerprint density at radius 3 is 2.64 bits per heavy atom. The smallest absolute Gasteiger partial charge is 0.0700 e. The molecule has 0 spiro atoms. The van der Waals surface area contributed by atoms with E-state index in [2.05, 4.69) is 5.32 Å². The van der Waals surface area contributed by atoms with E-state index in [1.807, 2.05) is 0 Å². The van der Waals surface area contributed by atoms with E-state index in [9.17, 15) is 0 Å². The van der Waals surface area contributed by atoms with Gasteiger partial charge in [-0.2, -0.15) is 0 Å². The van der Waals surface area contributed by atoms with Crippen molar-refractivity contribution in [2.75, 3.05) is 13.2 Å². The van der Waals surface area contributed by atoms with Crippen LogP contribution in [0.5, 0.6) is 0 Å². The zero-order valence-electron chi connectivity index (χ0n) is 7.01. The van der Waals surface area contributed by atoms with Crippen LogP contribution >= 0.6 is 0 Å². The highest BCUT2D eigenvalue weighted by Crippen LogP contribution is 2.19. The summed E-state index contributed by atoms with van der Waals surface area (Å²) in [4.78, 5) is 0. The molecule has 0 amide bonds. The van der Waals surface area contributed by atoms with Gasteiger partial charge in [0.15, 0.2) is 0 Å².